The van der Waals surface area contributed by atoms with Crippen LogP contribution in [0.5, 0.6) is 0 Å². The third-order valence-corrected chi connectivity index (χ3v) is 4.23. The highest BCUT2D eigenvalue weighted by Gasteiger charge is 2.37. The number of rotatable bonds is 2. The highest BCUT2D eigenvalue weighted by atomic mass is 32.2. The van der Waals surface area contributed by atoms with Gasteiger partial charge >= 0.3 is 0 Å². The van der Waals surface area contributed by atoms with Gasteiger partial charge in [-0.15, -0.1) is 0 Å². The average Bonchev–Trinajstić information content (AvgIpc) is 2.04. The van der Waals surface area contributed by atoms with Crippen LogP contribution in [0.25, 0.3) is 0 Å². The second kappa shape index (κ2) is 4.03. The van der Waals surface area contributed by atoms with Gasteiger partial charge in [0.1, 0.15) is 0 Å². The highest BCUT2D eigenvalue weighted by Crippen LogP contribution is 2.34. The molecule has 0 aromatic rings. The first kappa shape index (κ1) is 11.4. The Kier molecular flexibility index (Phi) is 3.05. The lowest BCUT2D eigenvalue weighted by molar-refractivity contribution is 0.00300. The molecule has 15 heavy (non-hydrogen) atoms. The molecule has 2 aliphatic heterocycles. The fraction of sp³-hybridized carbons (Fsp3) is 1.00. The maximum atomic E-state index is 11.1. The van der Waals surface area contributed by atoms with Crippen LogP contribution in [0.2, 0.25) is 0 Å². The van der Waals surface area contributed by atoms with Crippen LogP contribution in [-0.2, 0) is 14.3 Å². The van der Waals surface area contributed by atoms with Gasteiger partial charge in [0, 0.05) is 12.1 Å². The summed E-state index contributed by atoms with van der Waals surface area (Å²) in [6.07, 6.45) is 6.39. The number of hydrogen-bond donors (Lipinski definition) is 0. The zero-order chi connectivity index (χ0) is 11.1. The van der Waals surface area contributed by atoms with Crippen LogP contribution in [0.3, 0.4) is 0 Å². The number of fused-ring (bicyclic) bond motifs is 2. The molecule has 2 rings (SSSR count). The van der Waals surface area contributed by atoms with Gasteiger partial charge in [-0.1, -0.05) is 6.42 Å². The minimum Gasteiger partial charge on any atom is -0.300 e. The predicted octanol–water partition coefficient (Wildman–Crippen LogP) is 0.978. The molecule has 2 bridgehead atoms. The van der Waals surface area contributed by atoms with E-state index in [1.54, 1.807) is 0 Å². The molecule has 88 valence electrons. The van der Waals surface area contributed by atoms with Crippen LogP contribution in [0, 0.1) is 0 Å². The third kappa shape index (κ3) is 2.71. The van der Waals surface area contributed by atoms with Crippen LogP contribution in [0.15, 0.2) is 0 Å². The Hall–Kier alpha value is -0.130. The van der Waals surface area contributed by atoms with Crippen molar-refractivity contribution >= 4 is 10.1 Å². The molecule has 0 amide bonds. The van der Waals surface area contributed by atoms with Crippen LogP contribution < -0.4 is 0 Å². The topological polar surface area (TPSA) is 46.6 Å². The van der Waals surface area contributed by atoms with Crippen molar-refractivity contribution in [3.63, 3.8) is 0 Å². The minimum absolute atomic E-state index is 0.0912. The van der Waals surface area contributed by atoms with Gasteiger partial charge in [-0.05, 0) is 32.7 Å². The van der Waals surface area contributed by atoms with E-state index < -0.39 is 10.1 Å². The van der Waals surface area contributed by atoms with Crippen molar-refractivity contribution < 1.29 is 12.6 Å². The van der Waals surface area contributed by atoms with Crippen molar-refractivity contribution in [2.24, 2.45) is 0 Å². The Morgan fingerprint density at radius 3 is 2.20 bits per heavy atom. The Balaban J connectivity index is 2.01. The molecule has 0 spiro atoms. The zero-order valence-electron chi connectivity index (χ0n) is 9.35. The maximum absolute atomic E-state index is 11.1. The molecule has 2 atom stereocenters. The lowest BCUT2D eigenvalue weighted by Crippen LogP contribution is -2.52. The third-order valence-electron chi connectivity index (χ3n) is 3.61. The van der Waals surface area contributed by atoms with E-state index in [1.165, 1.54) is 19.3 Å². The van der Waals surface area contributed by atoms with Crippen molar-refractivity contribution in [1.82, 2.24) is 4.90 Å². The monoisotopic (exact) mass is 233 g/mol. The van der Waals surface area contributed by atoms with Crippen molar-refractivity contribution in [3.8, 4) is 0 Å². The van der Waals surface area contributed by atoms with Gasteiger partial charge in [-0.3, -0.25) is 4.18 Å². The largest absolute Gasteiger partial charge is 0.300 e. The second-order valence-electron chi connectivity index (χ2n) is 4.80. The first-order valence-corrected chi connectivity index (χ1v) is 7.37. The molecular weight excluding hydrogens is 214 g/mol. The number of nitrogens with zero attached hydrogens (tertiary/aromatic N) is 1. The second-order valence-corrected chi connectivity index (χ2v) is 6.40. The Labute approximate surface area is 91.7 Å². The summed E-state index contributed by atoms with van der Waals surface area (Å²) in [5, 5.41) is 0. The standard InChI is InChI=1S/C10H19NO3S/c1-11-8-4-3-5-9(11)7-10(6-8)14-15(2,12)13/h8-10H,3-7H2,1-2H3. The normalized spacial score (nSPS) is 37.9. The van der Waals surface area contributed by atoms with Crippen molar-refractivity contribution in [1.29, 1.82) is 0 Å². The van der Waals surface area contributed by atoms with E-state index in [1.807, 2.05) is 0 Å². The van der Waals surface area contributed by atoms with Gasteiger partial charge in [0.2, 0.25) is 0 Å². The highest BCUT2D eigenvalue weighted by molar-refractivity contribution is 7.86. The van der Waals surface area contributed by atoms with Crippen LogP contribution in [-0.4, -0.2) is 44.8 Å². The van der Waals surface area contributed by atoms with E-state index in [2.05, 4.69) is 11.9 Å². The molecule has 2 heterocycles. The summed E-state index contributed by atoms with van der Waals surface area (Å²) >= 11 is 0. The molecule has 2 unspecified atom stereocenters. The molecule has 2 saturated heterocycles. The van der Waals surface area contributed by atoms with Gasteiger partial charge in [0.05, 0.1) is 12.4 Å². The quantitative estimate of drug-likeness (QED) is 0.667. The van der Waals surface area contributed by atoms with E-state index in [9.17, 15) is 8.42 Å². The summed E-state index contributed by atoms with van der Waals surface area (Å²) in [5.74, 6) is 0. The first-order valence-electron chi connectivity index (χ1n) is 5.56. The van der Waals surface area contributed by atoms with Gasteiger partial charge in [0.25, 0.3) is 10.1 Å². The van der Waals surface area contributed by atoms with Gasteiger partial charge in [-0.25, -0.2) is 0 Å². The molecule has 2 aliphatic rings. The van der Waals surface area contributed by atoms with Gasteiger partial charge in [0.15, 0.2) is 0 Å². The molecule has 0 aromatic carbocycles. The molecule has 0 aromatic heterocycles. The Morgan fingerprint density at radius 1 is 1.20 bits per heavy atom. The molecule has 0 radical (unpaired) electrons. The molecular formula is C10H19NO3S. The maximum Gasteiger partial charge on any atom is 0.264 e. The predicted molar refractivity (Wildman–Crippen MR) is 58.1 cm³/mol. The van der Waals surface area contributed by atoms with E-state index in [0.29, 0.717) is 12.1 Å². The molecule has 4 nitrogen and oxygen atoms in total. The van der Waals surface area contributed by atoms with Crippen molar-refractivity contribution in [3.05, 3.63) is 0 Å². The van der Waals surface area contributed by atoms with E-state index in [-0.39, 0.29) is 6.10 Å². The summed E-state index contributed by atoms with van der Waals surface area (Å²) < 4.78 is 27.2. The summed E-state index contributed by atoms with van der Waals surface area (Å²) in [4.78, 5) is 2.39. The Bertz CT molecular complexity index is 314. The van der Waals surface area contributed by atoms with E-state index in [4.69, 9.17) is 4.18 Å². The fourth-order valence-corrected chi connectivity index (χ4v) is 3.54. The zero-order valence-corrected chi connectivity index (χ0v) is 10.2. The Morgan fingerprint density at radius 2 is 1.73 bits per heavy atom. The number of piperidine rings is 2. The summed E-state index contributed by atoms with van der Waals surface area (Å²) in [7, 11) is -1.15. The lowest BCUT2D eigenvalue weighted by Gasteiger charge is -2.46. The SMILES string of the molecule is CN1C2CCCC1CC(OS(C)(=O)=O)C2. The van der Waals surface area contributed by atoms with Gasteiger partial charge in [-0.2, -0.15) is 8.42 Å². The minimum atomic E-state index is -3.29. The van der Waals surface area contributed by atoms with E-state index in [0.717, 1.165) is 19.1 Å². The fourth-order valence-electron chi connectivity index (χ4n) is 2.89. The summed E-state index contributed by atoms with van der Waals surface area (Å²) in [5.41, 5.74) is 0. The molecule has 0 aliphatic carbocycles. The molecule has 5 heteroatoms. The lowest BCUT2D eigenvalue weighted by atomic mass is 9.83. The van der Waals surface area contributed by atoms with E-state index >= 15 is 0 Å². The first-order chi connectivity index (χ1) is 6.96. The number of hydrogen-bond acceptors (Lipinski definition) is 4. The van der Waals surface area contributed by atoms with Gasteiger partial charge < -0.3 is 4.90 Å². The smallest absolute Gasteiger partial charge is 0.264 e. The van der Waals surface area contributed by atoms with Crippen LogP contribution >= 0.6 is 0 Å². The molecule has 2 fully saturated rings. The van der Waals surface area contributed by atoms with Crippen molar-refractivity contribution in [2.75, 3.05) is 13.3 Å². The average molecular weight is 233 g/mol. The summed E-state index contributed by atoms with van der Waals surface area (Å²) in [6, 6.07) is 1.04. The summed E-state index contributed by atoms with van der Waals surface area (Å²) in [6.45, 7) is 0. The van der Waals surface area contributed by atoms with Crippen LogP contribution in [0.1, 0.15) is 32.1 Å². The molecule has 0 saturated carbocycles. The van der Waals surface area contributed by atoms with Crippen molar-refractivity contribution in [2.45, 2.75) is 50.3 Å². The van der Waals surface area contributed by atoms with Crippen LogP contribution in [0.4, 0.5) is 0 Å². The molecule has 0 N–H and O–H groups in total.